The summed E-state index contributed by atoms with van der Waals surface area (Å²) in [7, 11) is 0. The van der Waals surface area contributed by atoms with Gasteiger partial charge in [-0.2, -0.15) is 13.2 Å². The molecule has 0 aliphatic heterocycles. The molecule has 0 saturated heterocycles. The number of benzene rings is 2. The summed E-state index contributed by atoms with van der Waals surface area (Å²) in [6.07, 6.45) is -4.58. The van der Waals surface area contributed by atoms with Crippen molar-refractivity contribution in [2.45, 2.75) is 6.18 Å². The average molecular weight is 300 g/mol. The summed E-state index contributed by atoms with van der Waals surface area (Å²) in [6.45, 7) is 0. The van der Waals surface area contributed by atoms with Gasteiger partial charge in [0, 0.05) is 16.1 Å². The van der Waals surface area contributed by atoms with Gasteiger partial charge in [-0.3, -0.25) is 4.79 Å². The van der Waals surface area contributed by atoms with Crippen molar-refractivity contribution >= 4 is 17.5 Å². The summed E-state index contributed by atoms with van der Waals surface area (Å²) < 4.78 is 39.2. The third-order valence-electron chi connectivity index (χ3n) is 2.77. The maximum Gasteiger partial charge on any atom is 0.417 e. The molecule has 0 spiro atoms. The molecule has 104 valence electrons. The lowest BCUT2D eigenvalue weighted by molar-refractivity contribution is -0.137. The molecule has 20 heavy (non-hydrogen) atoms. The van der Waals surface area contributed by atoms with Crippen LogP contribution in [0.5, 0.6) is 0 Å². The summed E-state index contributed by atoms with van der Waals surface area (Å²) in [6, 6.07) is 9.07. The molecule has 2 rings (SSSR count). The lowest BCUT2D eigenvalue weighted by Gasteiger charge is -2.15. The number of hydrogen-bond acceptors (Lipinski definition) is 1. The van der Waals surface area contributed by atoms with Gasteiger partial charge in [-0.05, 0) is 29.8 Å². The number of carbonyl (C=O) groups is 1. The third kappa shape index (κ3) is 2.77. The van der Waals surface area contributed by atoms with Crippen LogP contribution in [-0.4, -0.2) is 5.91 Å². The molecule has 0 aliphatic carbocycles. The Kier molecular flexibility index (Phi) is 3.72. The highest BCUT2D eigenvalue weighted by Gasteiger charge is 2.35. The Labute approximate surface area is 118 Å². The number of alkyl halides is 3. The van der Waals surface area contributed by atoms with E-state index in [1.54, 1.807) is 0 Å². The van der Waals surface area contributed by atoms with Crippen molar-refractivity contribution < 1.29 is 18.0 Å². The van der Waals surface area contributed by atoms with E-state index >= 15 is 0 Å². The van der Waals surface area contributed by atoms with Crippen molar-refractivity contribution in [2.75, 3.05) is 0 Å². The Hall–Kier alpha value is -2.01. The Morgan fingerprint density at radius 1 is 1.05 bits per heavy atom. The molecule has 0 bridgehead atoms. The van der Waals surface area contributed by atoms with E-state index in [0.717, 1.165) is 12.1 Å². The van der Waals surface area contributed by atoms with Crippen molar-refractivity contribution in [3.05, 3.63) is 58.6 Å². The van der Waals surface area contributed by atoms with Gasteiger partial charge < -0.3 is 5.73 Å². The van der Waals surface area contributed by atoms with E-state index in [-0.39, 0.29) is 16.7 Å². The summed E-state index contributed by atoms with van der Waals surface area (Å²) >= 11 is 5.72. The van der Waals surface area contributed by atoms with Crippen LogP contribution in [-0.2, 0) is 6.18 Å². The van der Waals surface area contributed by atoms with Crippen molar-refractivity contribution in [1.29, 1.82) is 0 Å². The minimum Gasteiger partial charge on any atom is -0.366 e. The molecule has 2 aromatic rings. The number of halogens is 4. The Bertz CT molecular complexity index is 650. The van der Waals surface area contributed by atoms with Gasteiger partial charge in [0.2, 0.25) is 5.91 Å². The molecular formula is C14H9ClF3NO. The number of amides is 1. The van der Waals surface area contributed by atoms with Crippen LogP contribution in [0.3, 0.4) is 0 Å². The zero-order chi connectivity index (χ0) is 14.9. The number of primary amides is 1. The van der Waals surface area contributed by atoms with E-state index in [9.17, 15) is 18.0 Å². The van der Waals surface area contributed by atoms with Crippen molar-refractivity contribution in [2.24, 2.45) is 5.73 Å². The maximum absolute atomic E-state index is 13.1. The van der Waals surface area contributed by atoms with Crippen LogP contribution in [0.2, 0.25) is 5.02 Å². The summed E-state index contributed by atoms with van der Waals surface area (Å²) in [5, 5.41) is 0.388. The van der Waals surface area contributed by atoms with Gasteiger partial charge in [-0.25, -0.2) is 0 Å². The van der Waals surface area contributed by atoms with Gasteiger partial charge in [0.15, 0.2) is 0 Å². The summed E-state index contributed by atoms with van der Waals surface area (Å²) in [5.41, 5.74) is 4.08. The Balaban J connectivity index is 2.76. The predicted octanol–water partition coefficient (Wildman–Crippen LogP) is 4.12. The Morgan fingerprint density at radius 3 is 2.15 bits per heavy atom. The highest BCUT2D eigenvalue weighted by Crippen LogP contribution is 2.39. The largest absolute Gasteiger partial charge is 0.417 e. The summed E-state index contributed by atoms with van der Waals surface area (Å²) in [4.78, 5) is 11.4. The molecule has 2 aromatic carbocycles. The molecule has 2 nitrogen and oxygen atoms in total. The fraction of sp³-hybridized carbons (Fsp3) is 0.0714. The minimum atomic E-state index is -4.58. The molecular weight excluding hydrogens is 291 g/mol. The van der Waals surface area contributed by atoms with Gasteiger partial charge in [-0.15, -0.1) is 0 Å². The smallest absolute Gasteiger partial charge is 0.366 e. The zero-order valence-electron chi connectivity index (χ0n) is 10.0. The molecule has 0 radical (unpaired) electrons. The van der Waals surface area contributed by atoms with Crippen LogP contribution in [0.15, 0.2) is 42.5 Å². The quantitative estimate of drug-likeness (QED) is 0.890. The van der Waals surface area contributed by atoms with Gasteiger partial charge in [0.25, 0.3) is 0 Å². The topological polar surface area (TPSA) is 43.1 Å². The molecule has 6 heteroatoms. The van der Waals surface area contributed by atoms with Gasteiger partial charge in [0.1, 0.15) is 0 Å². The molecule has 0 aromatic heterocycles. The van der Waals surface area contributed by atoms with Crippen LogP contribution in [0, 0.1) is 0 Å². The van der Waals surface area contributed by atoms with Gasteiger partial charge >= 0.3 is 6.18 Å². The molecule has 0 fully saturated rings. The van der Waals surface area contributed by atoms with Crippen LogP contribution in [0.4, 0.5) is 13.2 Å². The molecule has 0 aliphatic rings. The van der Waals surface area contributed by atoms with Crippen molar-refractivity contribution in [1.82, 2.24) is 0 Å². The zero-order valence-corrected chi connectivity index (χ0v) is 10.8. The molecule has 0 saturated carbocycles. The first kappa shape index (κ1) is 14.4. The lowest BCUT2D eigenvalue weighted by Crippen LogP contribution is -2.16. The van der Waals surface area contributed by atoms with Crippen molar-refractivity contribution in [3.8, 4) is 11.1 Å². The molecule has 2 N–H and O–H groups in total. The second-order valence-corrected chi connectivity index (χ2v) is 4.53. The molecule has 0 unspecified atom stereocenters. The van der Waals surface area contributed by atoms with Gasteiger partial charge in [-0.1, -0.05) is 29.8 Å². The van der Waals surface area contributed by atoms with Crippen LogP contribution < -0.4 is 5.73 Å². The monoisotopic (exact) mass is 299 g/mol. The fourth-order valence-corrected chi connectivity index (χ4v) is 2.05. The van der Waals surface area contributed by atoms with E-state index in [4.69, 9.17) is 17.3 Å². The lowest BCUT2D eigenvalue weighted by atomic mass is 9.93. The van der Waals surface area contributed by atoms with Crippen molar-refractivity contribution in [3.63, 3.8) is 0 Å². The van der Waals surface area contributed by atoms with E-state index in [1.165, 1.54) is 30.3 Å². The maximum atomic E-state index is 13.1. The SMILES string of the molecule is NC(=O)c1cccc(C(F)(F)F)c1-c1ccc(Cl)cc1. The first-order valence-corrected chi connectivity index (χ1v) is 5.94. The molecule has 0 atom stereocenters. The van der Waals surface area contributed by atoms with E-state index in [0.29, 0.717) is 5.02 Å². The second-order valence-electron chi connectivity index (χ2n) is 4.10. The van der Waals surface area contributed by atoms with E-state index < -0.39 is 17.6 Å². The number of nitrogens with two attached hydrogens (primary N) is 1. The van der Waals surface area contributed by atoms with Crippen LogP contribution in [0.1, 0.15) is 15.9 Å². The highest BCUT2D eigenvalue weighted by molar-refractivity contribution is 6.30. The average Bonchev–Trinajstić information content (AvgIpc) is 2.37. The fourth-order valence-electron chi connectivity index (χ4n) is 1.92. The molecule has 1 amide bonds. The van der Waals surface area contributed by atoms with E-state index in [1.807, 2.05) is 0 Å². The molecule has 0 heterocycles. The summed E-state index contributed by atoms with van der Waals surface area (Å²) in [5.74, 6) is -0.916. The van der Waals surface area contributed by atoms with Crippen LogP contribution in [0.25, 0.3) is 11.1 Å². The standard InChI is InChI=1S/C14H9ClF3NO/c15-9-6-4-8(5-7-9)12-10(13(19)20)2-1-3-11(12)14(16,17)18/h1-7H,(H2,19,20). The third-order valence-corrected chi connectivity index (χ3v) is 3.02. The van der Waals surface area contributed by atoms with Gasteiger partial charge in [0.05, 0.1) is 5.56 Å². The van der Waals surface area contributed by atoms with Crippen LogP contribution >= 0.6 is 11.6 Å². The highest BCUT2D eigenvalue weighted by atomic mass is 35.5. The number of hydrogen-bond donors (Lipinski definition) is 1. The normalized spacial score (nSPS) is 11.4. The Morgan fingerprint density at radius 2 is 1.65 bits per heavy atom. The number of rotatable bonds is 2. The second kappa shape index (κ2) is 5.17. The van der Waals surface area contributed by atoms with E-state index in [2.05, 4.69) is 0 Å². The first-order chi connectivity index (χ1) is 9.30. The predicted molar refractivity (Wildman–Crippen MR) is 70.4 cm³/mol. The number of carbonyl (C=O) groups excluding carboxylic acids is 1. The first-order valence-electron chi connectivity index (χ1n) is 5.56. The minimum absolute atomic E-state index is 0.179.